The van der Waals surface area contributed by atoms with Gasteiger partial charge in [-0.2, -0.15) is 5.26 Å². The van der Waals surface area contributed by atoms with Crippen LogP contribution < -0.4 is 10.6 Å². The first kappa shape index (κ1) is 16.9. The van der Waals surface area contributed by atoms with Crippen molar-refractivity contribution >= 4 is 45.5 Å². The van der Waals surface area contributed by atoms with Crippen LogP contribution in [0.1, 0.15) is 11.3 Å². The van der Waals surface area contributed by atoms with Crippen LogP contribution in [0, 0.1) is 11.3 Å². The summed E-state index contributed by atoms with van der Waals surface area (Å²) in [6.45, 7) is 0. The number of pyridine rings is 1. The Hall–Kier alpha value is -2.95. The van der Waals surface area contributed by atoms with Crippen molar-refractivity contribution < 1.29 is 4.79 Å². The molecule has 0 fully saturated rings. The minimum atomic E-state index is -0.175. The van der Waals surface area contributed by atoms with E-state index in [4.69, 9.17) is 16.9 Å². The summed E-state index contributed by atoms with van der Waals surface area (Å²) in [5.74, 6) is 0.457. The van der Waals surface area contributed by atoms with Crippen molar-refractivity contribution in [3.05, 3.63) is 64.3 Å². The second kappa shape index (κ2) is 7.75. The van der Waals surface area contributed by atoms with E-state index in [1.165, 1.54) is 11.3 Å². The first-order valence-corrected chi connectivity index (χ1v) is 8.51. The van der Waals surface area contributed by atoms with Gasteiger partial charge in [-0.1, -0.05) is 11.6 Å². The van der Waals surface area contributed by atoms with E-state index in [1.54, 1.807) is 42.6 Å². The summed E-state index contributed by atoms with van der Waals surface area (Å²) >= 11 is 7.19. The number of carbonyl (C=O) groups is 1. The number of rotatable bonds is 5. The number of hydrogen-bond acceptors (Lipinski definition) is 6. The molecule has 0 saturated heterocycles. The Bertz CT molecular complexity index is 915. The van der Waals surface area contributed by atoms with Gasteiger partial charge in [-0.15, -0.1) is 11.3 Å². The number of halogens is 1. The summed E-state index contributed by atoms with van der Waals surface area (Å²) in [7, 11) is 0. The molecule has 0 bridgehead atoms. The number of nitrogens with one attached hydrogen (secondary N) is 2. The van der Waals surface area contributed by atoms with Crippen LogP contribution >= 0.6 is 22.9 Å². The van der Waals surface area contributed by atoms with Crippen molar-refractivity contribution in [2.75, 3.05) is 10.6 Å². The van der Waals surface area contributed by atoms with Gasteiger partial charge < -0.3 is 10.6 Å². The Balaban J connectivity index is 1.57. The van der Waals surface area contributed by atoms with Crippen LogP contribution in [0.3, 0.4) is 0 Å². The van der Waals surface area contributed by atoms with Crippen LogP contribution in [0.5, 0.6) is 0 Å². The zero-order valence-corrected chi connectivity index (χ0v) is 14.4. The smallest absolute Gasteiger partial charge is 0.230 e. The van der Waals surface area contributed by atoms with Crippen molar-refractivity contribution in [1.29, 1.82) is 5.26 Å². The molecule has 0 aliphatic heterocycles. The number of nitrogens with zero attached hydrogens (tertiary/aromatic N) is 3. The number of carbonyl (C=O) groups excluding carboxylic acids is 1. The van der Waals surface area contributed by atoms with E-state index in [1.807, 2.05) is 11.4 Å². The molecule has 25 heavy (non-hydrogen) atoms. The van der Waals surface area contributed by atoms with Gasteiger partial charge in [0.2, 0.25) is 5.91 Å². The van der Waals surface area contributed by atoms with E-state index in [2.05, 4.69) is 20.6 Å². The third-order valence-electron chi connectivity index (χ3n) is 3.15. The lowest BCUT2D eigenvalue weighted by Gasteiger charge is -2.04. The predicted octanol–water partition coefficient (Wildman–Crippen LogP) is 3.99. The first-order chi connectivity index (χ1) is 12.1. The monoisotopic (exact) mass is 369 g/mol. The van der Waals surface area contributed by atoms with Gasteiger partial charge in [0.25, 0.3) is 0 Å². The number of thiazole rings is 1. The minimum Gasteiger partial charge on any atom is -0.326 e. The van der Waals surface area contributed by atoms with E-state index in [-0.39, 0.29) is 12.3 Å². The van der Waals surface area contributed by atoms with E-state index in [9.17, 15) is 4.79 Å². The number of anilines is 3. The van der Waals surface area contributed by atoms with Gasteiger partial charge in [-0.3, -0.25) is 4.79 Å². The molecule has 124 valence electrons. The molecular formula is C17H12ClN5OS. The fourth-order valence-corrected chi connectivity index (χ4v) is 2.83. The highest BCUT2D eigenvalue weighted by Gasteiger charge is 2.09. The van der Waals surface area contributed by atoms with Gasteiger partial charge in [0.15, 0.2) is 5.13 Å². The zero-order valence-electron chi connectivity index (χ0n) is 12.9. The van der Waals surface area contributed by atoms with Crippen LogP contribution in [0.2, 0.25) is 5.02 Å². The highest BCUT2D eigenvalue weighted by molar-refractivity contribution is 7.13. The Morgan fingerprint density at radius 2 is 2.04 bits per heavy atom. The summed E-state index contributed by atoms with van der Waals surface area (Å²) in [6, 6.07) is 12.2. The van der Waals surface area contributed by atoms with Gasteiger partial charge in [0.05, 0.1) is 28.8 Å². The summed E-state index contributed by atoms with van der Waals surface area (Å²) in [4.78, 5) is 20.6. The predicted molar refractivity (Wildman–Crippen MR) is 98.1 cm³/mol. The lowest BCUT2D eigenvalue weighted by molar-refractivity contribution is -0.115. The molecule has 0 atom stereocenters. The fraction of sp³-hybridized carbons (Fsp3) is 0.0588. The number of amides is 1. The largest absolute Gasteiger partial charge is 0.326 e. The maximum absolute atomic E-state index is 12.1. The van der Waals surface area contributed by atoms with E-state index < -0.39 is 0 Å². The van der Waals surface area contributed by atoms with Crippen molar-refractivity contribution in [1.82, 2.24) is 9.97 Å². The molecule has 3 rings (SSSR count). The third-order valence-corrected chi connectivity index (χ3v) is 4.18. The maximum atomic E-state index is 12.1. The second-order valence-corrected chi connectivity index (χ2v) is 6.34. The molecule has 2 heterocycles. The molecule has 0 saturated carbocycles. The molecule has 1 aromatic carbocycles. The van der Waals surface area contributed by atoms with Crippen molar-refractivity contribution in [3.63, 3.8) is 0 Å². The molecule has 0 radical (unpaired) electrons. The van der Waals surface area contributed by atoms with E-state index in [0.717, 1.165) is 0 Å². The van der Waals surface area contributed by atoms with Gasteiger partial charge in [-0.25, -0.2) is 9.97 Å². The lowest BCUT2D eigenvalue weighted by Crippen LogP contribution is -2.14. The molecule has 0 unspecified atom stereocenters. The third kappa shape index (κ3) is 4.76. The van der Waals surface area contributed by atoms with Gasteiger partial charge in [-0.05, 0) is 36.4 Å². The molecule has 2 N–H and O–H groups in total. The van der Waals surface area contributed by atoms with Crippen LogP contribution in [-0.2, 0) is 11.2 Å². The second-order valence-electron chi connectivity index (χ2n) is 5.04. The Labute approximate surface area is 153 Å². The summed E-state index contributed by atoms with van der Waals surface area (Å²) in [6.07, 6.45) is 1.70. The maximum Gasteiger partial charge on any atom is 0.230 e. The van der Waals surface area contributed by atoms with Gasteiger partial charge in [0, 0.05) is 17.3 Å². The summed E-state index contributed by atoms with van der Waals surface area (Å²) in [5.41, 5.74) is 1.85. The number of benzene rings is 1. The number of hydrogen-bond donors (Lipinski definition) is 2. The SMILES string of the molecule is N#Cc1ccc(NC(=O)Cc2csc(Nc3ccc(Cl)cn3)n2)cc1. The molecule has 0 aliphatic rings. The fourth-order valence-electron chi connectivity index (χ4n) is 2.00. The van der Waals surface area contributed by atoms with Crippen LogP contribution in [0.25, 0.3) is 0 Å². The lowest BCUT2D eigenvalue weighted by atomic mass is 10.2. The Kier molecular flexibility index (Phi) is 5.23. The molecule has 2 aromatic heterocycles. The number of aromatic nitrogens is 2. The zero-order chi connectivity index (χ0) is 17.6. The van der Waals surface area contributed by atoms with Crippen molar-refractivity contribution in [2.24, 2.45) is 0 Å². The van der Waals surface area contributed by atoms with Crippen LogP contribution in [-0.4, -0.2) is 15.9 Å². The van der Waals surface area contributed by atoms with Crippen molar-refractivity contribution in [3.8, 4) is 6.07 Å². The van der Waals surface area contributed by atoms with Gasteiger partial charge in [0.1, 0.15) is 5.82 Å². The molecule has 8 heteroatoms. The normalized spacial score (nSPS) is 10.1. The van der Waals surface area contributed by atoms with Crippen LogP contribution in [0.4, 0.5) is 16.6 Å². The minimum absolute atomic E-state index is 0.159. The quantitative estimate of drug-likeness (QED) is 0.709. The van der Waals surface area contributed by atoms with Crippen LogP contribution in [0.15, 0.2) is 48.0 Å². The average Bonchev–Trinajstić information content (AvgIpc) is 3.04. The van der Waals surface area contributed by atoms with Crippen molar-refractivity contribution in [2.45, 2.75) is 6.42 Å². The molecule has 0 aliphatic carbocycles. The Morgan fingerprint density at radius 1 is 1.24 bits per heavy atom. The number of nitriles is 1. The van der Waals surface area contributed by atoms with E-state index in [0.29, 0.717) is 32.9 Å². The summed E-state index contributed by atoms with van der Waals surface area (Å²) < 4.78 is 0. The highest BCUT2D eigenvalue weighted by atomic mass is 35.5. The summed E-state index contributed by atoms with van der Waals surface area (Å²) in [5, 5.41) is 17.6. The average molecular weight is 370 g/mol. The first-order valence-electron chi connectivity index (χ1n) is 7.25. The Morgan fingerprint density at radius 3 is 2.72 bits per heavy atom. The molecule has 3 aromatic rings. The molecule has 0 spiro atoms. The molecular weight excluding hydrogens is 358 g/mol. The van der Waals surface area contributed by atoms with Gasteiger partial charge >= 0.3 is 0 Å². The topological polar surface area (TPSA) is 90.7 Å². The molecule has 1 amide bonds. The highest BCUT2D eigenvalue weighted by Crippen LogP contribution is 2.21. The van der Waals surface area contributed by atoms with E-state index >= 15 is 0 Å². The standard InChI is InChI=1S/C17H12ClN5OS/c18-12-3-6-15(20-9-12)23-17-22-14(10-25-17)7-16(24)21-13-4-1-11(8-19)2-5-13/h1-6,9-10H,7H2,(H,21,24)(H,20,22,23). The molecule has 6 nitrogen and oxygen atoms in total.